The Balaban J connectivity index is 1.39. The number of rotatable bonds is 5. The first kappa shape index (κ1) is 20.3. The number of carbonyl (C=O) groups is 1. The van der Waals surface area contributed by atoms with E-state index in [1.54, 1.807) is 22.4 Å². The third-order valence-electron chi connectivity index (χ3n) is 6.61. The van der Waals surface area contributed by atoms with Gasteiger partial charge in [0.1, 0.15) is 6.04 Å². The van der Waals surface area contributed by atoms with Gasteiger partial charge < -0.3 is 5.32 Å². The van der Waals surface area contributed by atoms with Crippen molar-refractivity contribution in [3.8, 4) is 0 Å². The molecule has 1 atom stereocenters. The van der Waals surface area contributed by atoms with Crippen LogP contribution in [-0.4, -0.2) is 16.2 Å². The monoisotopic (exact) mass is 452 g/mol. The molecule has 0 bridgehead atoms. The minimum Gasteiger partial charge on any atom is -0.324 e. The molecule has 0 spiro atoms. The van der Waals surface area contributed by atoms with Crippen molar-refractivity contribution < 1.29 is 4.79 Å². The first-order valence-corrected chi connectivity index (χ1v) is 12.4. The Labute approximate surface area is 196 Å². The molecule has 33 heavy (non-hydrogen) atoms. The largest absolute Gasteiger partial charge is 0.324 e. The van der Waals surface area contributed by atoms with Gasteiger partial charge in [-0.1, -0.05) is 60.7 Å². The van der Waals surface area contributed by atoms with E-state index in [0.29, 0.717) is 11.7 Å². The zero-order valence-corrected chi connectivity index (χ0v) is 19.0. The van der Waals surface area contributed by atoms with Gasteiger partial charge in [0.2, 0.25) is 5.91 Å². The normalized spacial score (nSPS) is 17.2. The lowest BCUT2D eigenvalue weighted by Gasteiger charge is -2.18. The van der Waals surface area contributed by atoms with Gasteiger partial charge in [-0.15, -0.1) is 11.8 Å². The molecule has 1 aliphatic heterocycles. The van der Waals surface area contributed by atoms with E-state index in [-0.39, 0.29) is 11.5 Å². The van der Waals surface area contributed by atoms with Crippen LogP contribution < -0.4 is 10.9 Å². The predicted molar refractivity (Wildman–Crippen MR) is 134 cm³/mol. The highest BCUT2D eigenvalue weighted by Gasteiger charge is 2.37. The van der Waals surface area contributed by atoms with Crippen LogP contribution in [0.2, 0.25) is 0 Å². The Kier molecular flexibility index (Phi) is 5.07. The number of hydrogen-bond donors (Lipinski definition) is 1. The average Bonchev–Trinajstić information content (AvgIpc) is 3.57. The van der Waals surface area contributed by atoms with Crippen molar-refractivity contribution in [1.82, 2.24) is 4.57 Å². The molecule has 4 aromatic rings. The Bertz CT molecular complexity index is 1420. The molecule has 1 aromatic heterocycles. The number of hydrogen-bond acceptors (Lipinski definition) is 3. The summed E-state index contributed by atoms with van der Waals surface area (Å²) >= 11 is 1.65. The van der Waals surface area contributed by atoms with Gasteiger partial charge in [0.15, 0.2) is 0 Å². The Morgan fingerprint density at radius 1 is 0.939 bits per heavy atom. The quantitative estimate of drug-likeness (QED) is 0.419. The first-order chi connectivity index (χ1) is 16.2. The molecule has 4 nitrogen and oxygen atoms in total. The molecule has 3 aromatic carbocycles. The number of benzene rings is 3. The van der Waals surface area contributed by atoms with Gasteiger partial charge in [-0.05, 0) is 64.8 Å². The number of nitrogens with zero attached hydrogens (tertiary/aromatic N) is 1. The third-order valence-corrected chi connectivity index (χ3v) is 7.78. The van der Waals surface area contributed by atoms with Crippen molar-refractivity contribution >= 4 is 34.1 Å². The topological polar surface area (TPSA) is 51.1 Å². The second kappa shape index (κ2) is 8.23. The van der Waals surface area contributed by atoms with E-state index in [2.05, 4.69) is 47.8 Å². The fourth-order valence-electron chi connectivity index (χ4n) is 4.89. The van der Waals surface area contributed by atoms with E-state index in [0.717, 1.165) is 35.5 Å². The summed E-state index contributed by atoms with van der Waals surface area (Å²) in [5.74, 6) is 0.948. The number of amides is 1. The molecule has 6 rings (SSSR count). The van der Waals surface area contributed by atoms with E-state index in [4.69, 9.17) is 0 Å². The summed E-state index contributed by atoms with van der Waals surface area (Å²) in [6.45, 7) is 0. The molecule has 0 unspecified atom stereocenters. The number of anilines is 1. The number of pyridine rings is 1. The van der Waals surface area contributed by atoms with E-state index in [1.165, 1.54) is 21.9 Å². The van der Waals surface area contributed by atoms with Crippen LogP contribution in [-0.2, 0) is 11.2 Å². The standard InChI is InChI=1S/C28H24N2O2S/c31-25-16-21(15-20-9-6-8-18-7-4-5-12-23(18)20)26(19-13-14-19)28-30(25)24(17-33-28)27(32)29-22-10-2-1-3-11-22/h1-12,16,19,24H,13-15,17H2,(H,29,32)/t24-/m1/s1. The van der Waals surface area contributed by atoms with E-state index < -0.39 is 6.04 Å². The summed E-state index contributed by atoms with van der Waals surface area (Å²) in [4.78, 5) is 26.4. The summed E-state index contributed by atoms with van der Waals surface area (Å²) in [5, 5.41) is 6.42. The predicted octanol–water partition coefficient (Wildman–Crippen LogP) is 5.76. The maximum Gasteiger partial charge on any atom is 0.252 e. The summed E-state index contributed by atoms with van der Waals surface area (Å²) in [6.07, 6.45) is 3.03. The summed E-state index contributed by atoms with van der Waals surface area (Å²) in [5.41, 5.74) is 4.30. The molecular formula is C28H24N2O2S. The Hall–Kier alpha value is -3.31. The highest BCUT2D eigenvalue weighted by Crippen LogP contribution is 2.48. The van der Waals surface area contributed by atoms with Gasteiger partial charge in [0.05, 0.1) is 5.03 Å². The maximum atomic E-state index is 13.3. The highest BCUT2D eigenvalue weighted by molar-refractivity contribution is 7.99. The molecule has 164 valence electrons. The first-order valence-electron chi connectivity index (χ1n) is 11.4. The van der Waals surface area contributed by atoms with Crippen LogP contribution in [0.3, 0.4) is 0 Å². The minimum atomic E-state index is -0.484. The molecule has 1 saturated carbocycles. The molecule has 1 fully saturated rings. The zero-order chi connectivity index (χ0) is 22.4. The van der Waals surface area contributed by atoms with Gasteiger partial charge in [0, 0.05) is 17.5 Å². The molecule has 2 heterocycles. The van der Waals surface area contributed by atoms with Crippen molar-refractivity contribution in [1.29, 1.82) is 0 Å². The molecule has 0 radical (unpaired) electrons. The van der Waals surface area contributed by atoms with E-state index in [9.17, 15) is 9.59 Å². The van der Waals surface area contributed by atoms with Crippen LogP contribution in [0.15, 0.2) is 88.7 Å². The van der Waals surface area contributed by atoms with E-state index >= 15 is 0 Å². The number of aromatic nitrogens is 1. The van der Waals surface area contributed by atoms with Crippen molar-refractivity contribution in [2.45, 2.75) is 36.2 Å². The fourth-order valence-corrected chi connectivity index (χ4v) is 6.31. The van der Waals surface area contributed by atoms with Crippen LogP contribution in [0.25, 0.3) is 10.8 Å². The second-order valence-electron chi connectivity index (χ2n) is 8.87. The van der Waals surface area contributed by atoms with Crippen molar-refractivity contribution in [2.24, 2.45) is 0 Å². The van der Waals surface area contributed by atoms with Gasteiger partial charge in [-0.2, -0.15) is 0 Å². The van der Waals surface area contributed by atoms with Gasteiger partial charge >= 0.3 is 0 Å². The fraction of sp³-hybridized carbons (Fsp3) is 0.214. The lowest BCUT2D eigenvalue weighted by molar-refractivity contribution is -0.118. The average molecular weight is 453 g/mol. The van der Waals surface area contributed by atoms with Crippen LogP contribution in [0.5, 0.6) is 0 Å². The van der Waals surface area contributed by atoms with Crippen LogP contribution in [0.4, 0.5) is 5.69 Å². The Morgan fingerprint density at radius 3 is 2.52 bits per heavy atom. The molecule has 1 N–H and O–H groups in total. The van der Waals surface area contributed by atoms with Gasteiger partial charge in [-0.25, -0.2) is 0 Å². The van der Waals surface area contributed by atoms with Gasteiger partial charge in [0.25, 0.3) is 5.56 Å². The zero-order valence-electron chi connectivity index (χ0n) is 18.2. The third kappa shape index (κ3) is 3.76. The van der Waals surface area contributed by atoms with Crippen LogP contribution in [0, 0.1) is 0 Å². The van der Waals surface area contributed by atoms with Crippen molar-refractivity contribution in [2.75, 3.05) is 11.1 Å². The van der Waals surface area contributed by atoms with Crippen LogP contribution in [0.1, 0.15) is 41.5 Å². The summed E-state index contributed by atoms with van der Waals surface area (Å²) in [6, 6.07) is 25.5. The van der Waals surface area contributed by atoms with Crippen LogP contribution >= 0.6 is 11.8 Å². The lowest BCUT2D eigenvalue weighted by Crippen LogP contribution is -2.33. The smallest absolute Gasteiger partial charge is 0.252 e. The number of carbonyl (C=O) groups excluding carboxylic acids is 1. The summed E-state index contributed by atoms with van der Waals surface area (Å²) < 4.78 is 1.74. The number of thioether (sulfide) groups is 1. The van der Waals surface area contributed by atoms with Crippen molar-refractivity contribution in [3.05, 3.63) is 106 Å². The molecular weight excluding hydrogens is 428 g/mol. The molecule has 1 amide bonds. The number of nitrogens with one attached hydrogen (secondary N) is 1. The summed E-state index contributed by atoms with van der Waals surface area (Å²) in [7, 11) is 0. The molecule has 1 aliphatic carbocycles. The highest BCUT2D eigenvalue weighted by atomic mass is 32.2. The number of fused-ring (bicyclic) bond motifs is 2. The molecule has 0 saturated heterocycles. The Morgan fingerprint density at radius 2 is 1.70 bits per heavy atom. The number of para-hydroxylation sites is 1. The molecule has 5 heteroatoms. The molecule has 2 aliphatic rings. The van der Waals surface area contributed by atoms with Crippen molar-refractivity contribution in [3.63, 3.8) is 0 Å². The maximum absolute atomic E-state index is 13.3. The van der Waals surface area contributed by atoms with E-state index in [1.807, 2.05) is 30.3 Å². The SMILES string of the molecule is O=C(Nc1ccccc1)[C@H]1CSc2c(C3CC3)c(Cc3cccc4ccccc34)cc(=O)n21. The van der Waals surface area contributed by atoms with Gasteiger partial charge in [-0.3, -0.25) is 14.2 Å². The second-order valence-corrected chi connectivity index (χ2v) is 9.88. The lowest BCUT2D eigenvalue weighted by atomic mass is 9.95. The minimum absolute atomic E-state index is 0.0807.